The van der Waals surface area contributed by atoms with Crippen LogP contribution >= 0.6 is 0 Å². The highest BCUT2D eigenvalue weighted by atomic mass is 16.5. The molecule has 1 aliphatic heterocycles. The van der Waals surface area contributed by atoms with Crippen LogP contribution < -0.4 is 10.1 Å². The molecular weight excluding hydrogens is 258 g/mol. The Bertz CT molecular complexity index is 646. The lowest BCUT2D eigenvalue weighted by Crippen LogP contribution is -2.29. The smallest absolute Gasteiger partial charge is 0.122 e. The van der Waals surface area contributed by atoms with Crippen LogP contribution in [0.4, 0.5) is 0 Å². The first-order chi connectivity index (χ1) is 10.3. The van der Waals surface area contributed by atoms with Crippen LogP contribution in [0.25, 0.3) is 0 Å². The van der Waals surface area contributed by atoms with Crippen molar-refractivity contribution in [3.63, 3.8) is 0 Å². The lowest BCUT2D eigenvalue weighted by atomic mass is 9.83. The molecule has 0 bridgehead atoms. The molecule has 4 rings (SSSR count). The maximum atomic E-state index is 5.63. The quantitative estimate of drug-likeness (QED) is 0.923. The Balaban J connectivity index is 1.72. The molecule has 1 N–H and O–H groups in total. The number of hydrogen-bond donors (Lipinski definition) is 1. The fraction of sp³-hybridized carbons (Fsp3) is 0.368. The second-order valence-electron chi connectivity index (χ2n) is 6.21. The Morgan fingerprint density at radius 1 is 1.10 bits per heavy atom. The van der Waals surface area contributed by atoms with Gasteiger partial charge < -0.3 is 10.1 Å². The highest BCUT2D eigenvalue weighted by Crippen LogP contribution is 2.56. The van der Waals surface area contributed by atoms with E-state index in [9.17, 15) is 0 Å². The molecule has 1 unspecified atom stereocenters. The standard InChI is InChI=1S/C19H21NO/c1-20-18(15-7-8-17-14(13-15)9-12-21-17)19(10-11-19)16-5-3-2-4-6-16/h2-8,13,18,20H,9-12H2,1H3. The maximum Gasteiger partial charge on any atom is 0.122 e. The van der Waals surface area contributed by atoms with Crippen molar-refractivity contribution < 1.29 is 4.74 Å². The van der Waals surface area contributed by atoms with Crippen LogP contribution in [0.1, 0.15) is 35.6 Å². The largest absolute Gasteiger partial charge is 0.493 e. The molecular formula is C19H21NO. The molecule has 1 saturated carbocycles. The first kappa shape index (κ1) is 12.9. The Labute approximate surface area is 126 Å². The molecule has 0 spiro atoms. The van der Waals surface area contributed by atoms with Gasteiger partial charge in [-0.15, -0.1) is 0 Å². The first-order valence-corrected chi connectivity index (χ1v) is 7.82. The van der Waals surface area contributed by atoms with Gasteiger partial charge in [0.2, 0.25) is 0 Å². The van der Waals surface area contributed by atoms with E-state index in [2.05, 4.69) is 60.9 Å². The third kappa shape index (κ3) is 2.06. The Kier molecular flexibility index (Phi) is 3.00. The predicted molar refractivity (Wildman–Crippen MR) is 84.8 cm³/mol. The fourth-order valence-electron chi connectivity index (χ4n) is 3.80. The number of hydrogen-bond acceptors (Lipinski definition) is 2. The van der Waals surface area contributed by atoms with Crippen molar-refractivity contribution in [3.8, 4) is 5.75 Å². The van der Waals surface area contributed by atoms with Crippen molar-refractivity contribution >= 4 is 0 Å². The highest BCUT2D eigenvalue weighted by molar-refractivity contribution is 5.44. The number of benzene rings is 2. The van der Waals surface area contributed by atoms with Crippen LogP contribution in [-0.4, -0.2) is 13.7 Å². The fourth-order valence-corrected chi connectivity index (χ4v) is 3.80. The van der Waals surface area contributed by atoms with Gasteiger partial charge in [-0.25, -0.2) is 0 Å². The summed E-state index contributed by atoms with van der Waals surface area (Å²) in [6, 6.07) is 18.0. The van der Waals surface area contributed by atoms with Gasteiger partial charge in [-0.1, -0.05) is 42.5 Å². The summed E-state index contributed by atoms with van der Waals surface area (Å²) in [6.45, 7) is 0.826. The third-order valence-corrected chi connectivity index (χ3v) is 5.03. The molecule has 0 amide bonds. The molecule has 0 saturated heterocycles. The average molecular weight is 279 g/mol. The Morgan fingerprint density at radius 3 is 2.62 bits per heavy atom. The first-order valence-electron chi connectivity index (χ1n) is 7.82. The van der Waals surface area contributed by atoms with E-state index >= 15 is 0 Å². The zero-order chi connectivity index (χ0) is 14.3. The summed E-state index contributed by atoms with van der Waals surface area (Å²) >= 11 is 0. The van der Waals surface area contributed by atoms with E-state index in [1.165, 1.54) is 29.5 Å². The molecule has 2 nitrogen and oxygen atoms in total. The van der Waals surface area contributed by atoms with Gasteiger partial charge in [-0.3, -0.25) is 0 Å². The topological polar surface area (TPSA) is 21.3 Å². The number of ether oxygens (including phenoxy) is 1. The molecule has 0 aromatic heterocycles. The van der Waals surface area contributed by atoms with Crippen LogP contribution in [0.3, 0.4) is 0 Å². The van der Waals surface area contributed by atoms with Crippen LogP contribution in [0.15, 0.2) is 48.5 Å². The number of fused-ring (bicyclic) bond motifs is 1. The molecule has 108 valence electrons. The van der Waals surface area contributed by atoms with Crippen molar-refractivity contribution in [1.82, 2.24) is 5.32 Å². The van der Waals surface area contributed by atoms with Crippen LogP contribution in [0.5, 0.6) is 5.75 Å². The van der Waals surface area contributed by atoms with E-state index in [0.717, 1.165) is 18.8 Å². The zero-order valence-corrected chi connectivity index (χ0v) is 12.4. The van der Waals surface area contributed by atoms with Gasteiger partial charge in [0.05, 0.1) is 6.61 Å². The lowest BCUT2D eigenvalue weighted by molar-refractivity contribution is 0.356. The van der Waals surface area contributed by atoms with Crippen molar-refractivity contribution in [3.05, 3.63) is 65.2 Å². The molecule has 1 fully saturated rings. The molecule has 1 heterocycles. The SMILES string of the molecule is CNC(c1ccc2c(c1)CCO2)C1(c2ccccc2)CC1. The third-order valence-electron chi connectivity index (χ3n) is 5.03. The molecule has 1 atom stereocenters. The van der Waals surface area contributed by atoms with Crippen molar-refractivity contribution in [2.45, 2.75) is 30.7 Å². The van der Waals surface area contributed by atoms with Gasteiger partial charge in [0.25, 0.3) is 0 Å². The normalized spacial score (nSPS) is 19.7. The van der Waals surface area contributed by atoms with Crippen molar-refractivity contribution in [2.75, 3.05) is 13.7 Å². The maximum absolute atomic E-state index is 5.63. The van der Waals surface area contributed by atoms with E-state index in [-0.39, 0.29) is 5.41 Å². The number of likely N-dealkylation sites (N-methyl/N-ethyl adjacent to an activating group) is 1. The van der Waals surface area contributed by atoms with Crippen LogP contribution in [0, 0.1) is 0 Å². The monoisotopic (exact) mass is 279 g/mol. The molecule has 2 aromatic rings. The predicted octanol–water partition coefficient (Wildman–Crippen LogP) is 3.61. The summed E-state index contributed by atoms with van der Waals surface area (Å²) in [7, 11) is 2.08. The molecule has 2 heteroatoms. The van der Waals surface area contributed by atoms with Gasteiger partial charge in [-0.05, 0) is 42.6 Å². The van der Waals surface area contributed by atoms with Gasteiger partial charge in [-0.2, -0.15) is 0 Å². The molecule has 21 heavy (non-hydrogen) atoms. The van der Waals surface area contributed by atoms with E-state index in [1.807, 2.05) is 0 Å². The highest BCUT2D eigenvalue weighted by Gasteiger charge is 2.50. The summed E-state index contributed by atoms with van der Waals surface area (Å²) < 4.78 is 5.63. The second kappa shape index (κ2) is 4.88. The summed E-state index contributed by atoms with van der Waals surface area (Å²) in [6.07, 6.45) is 3.56. The molecule has 2 aromatic carbocycles. The van der Waals surface area contributed by atoms with E-state index in [4.69, 9.17) is 4.74 Å². The summed E-state index contributed by atoms with van der Waals surface area (Å²) in [5, 5.41) is 3.57. The van der Waals surface area contributed by atoms with E-state index in [0.29, 0.717) is 6.04 Å². The summed E-state index contributed by atoms with van der Waals surface area (Å²) in [4.78, 5) is 0. The molecule has 1 aliphatic carbocycles. The zero-order valence-electron chi connectivity index (χ0n) is 12.4. The van der Waals surface area contributed by atoms with E-state index < -0.39 is 0 Å². The van der Waals surface area contributed by atoms with Gasteiger partial charge in [0, 0.05) is 17.9 Å². The summed E-state index contributed by atoms with van der Waals surface area (Å²) in [5.41, 5.74) is 4.48. The summed E-state index contributed by atoms with van der Waals surface area (Å²) in [5.74, 6) is 1.07. The average Bonchev–Trinajstić information content (AvgIpc) is 3.19. The number of rotatable bonds is 4. The minimum Gasteiger partial charge on any atom is -0.493 e. The Morgan fingerprint density at radius 2 is 1.90 bits per heavy atom. The van der Waals surface area contributed by atoms with Crippen molar-refractivity contribution in [1.29, 1.82) is 0 Å². The van der Waals surface area contributed by atoms with Crippen LogP contribution in [0.2, 0.25) is 0 Å². The molecule has 2 aliphatic rings. The van der Waals surface area contributed by atoms with E-state index in [1.54, 1.807) is 0 Å². The van der Waals surface area contributed by atoms with Crippen molar-refractivity contribution in [2.24, 2.45) is 0 Å². The minimum absolute atomic E-state index is 0.268. The minimum atomic E-state index is 0.268. The second-order valence-corrected chi connectivity index (χ2v) is 6.21. The lowest BCUT2D eigenvalue weighted by Gasteiger charge is -2.28. The Hall–Kier alpha value is -1.80. The van der Waals surface area contributed by atoms with Gasteiger partial charge in [0.1, 0.15) is 5.75 Å². The van der Waals surface area contributed by atoms with Gasteiger partial charge >= 0.3 is 0 Å². The van der Waals surface area contributed by atoms with Crippen LogP contribution in [-0.2, 0) is 11.8 Å². The number of nitrogens with one attached hydrogen (secondary N) is 1. The van der Waals surface area contributed by atoms with Gasteiger partial charge in [0.15, 0.2) is 0 Å². The molecule has 0 radical (unpaired) electrons.